The van der Waals surface area contributed by atoms with Gasteiger partial charge in [-0.3, -0.25) is 10.1 Å². The van der Waals surface area contributed by atoms with Gasteiger partial charge in [0.15, 0.2) is 9.84 Å². The molecule has 0 fully saturated rings. The number of nitriles is 1. The van der Waals surface area contributed by atoms with Gasteiger partial charge in [0.2, 0.25) is 0 Å². The Morgan fingerprint density at radius 3 is 2.31 bits per heavy atom. The molecule has 152 valence electrons. The number of hydrogen-bond acceptors (Lipinski definition) is 8. The van der Waals surface area contributed by atoms with Crippen LogP contribution in [-0.4, -0.2) is 32.7 Å². The molecule has 0 aromatic heterocycles. The maximum Gasteiger partial charge on any atom is 0.272 e. The highest BCUT2D eigenvalue weighted by molar-refractivity contribution is 7.90. The summed E-state index contributed by atoms with van der Waals surface area (Å²) < 4.78 is 24.2. The second kappa shape index (κ2) is 8.79. The van der Waals surface area contributed by atoms with Crippen molar-refractivity contribution in [2.75, 3.05) is 24.2 Å². The van der Waals surface area contributed by atoms with E-state index in [2.05, 4.69) is 29.0 Å². The van der Waals surface area contributed by atoms with E-state index in [1.807, 2.05) is 19.1 Å². The van der Waals surface area contributed by atoms with Gasteiger partial charge in [-0.1, -0.05) is 0 Å². The summed E-state index contributed by atoms with van der Waals surface area (Å²) in [7, 11) is -3.88. The van der Waals surface area contributed by atoms with Crippen LogP contribution >= 0.6 is 0 Å². The lowest BCUT2D eigenvalue weighted by Gasteiger charge is -2.21. The molecule has 2 aromatic carbocycles. The topological polar surface area (TPSA) is 129 Å². The minimum absolute atomic E-state index is 0.215. The number of azo groups is 1. The summed E-state index contributed by atoms with van der Waals surface area (Å²) in [5.41, 5.74) is 1.40. The molecule has 0 aliphatic carbocycles. The van der Waals surface area contributed by atoms with E-state index in [4.69, 9.17) is 0 Å². The highest BCUT2D eigenvalue weighted by Crippen LogP contribution is 2.35. The third-order valence-corrected chi connectivity index (χ3v) is 5.47. The Hall–Kier alpha value is -3.32. The van der Waals surface area contributed by atoms with Crippen molar-refractivity contribution < 1.29 is 13.3 Å². The Labute approximate surface area is 169 Å². The Morgan fingerprint density at radius 1 is 1.17 bits per heavy atom. The number of anilines is 1. The first-order chi connectivity index (χ1) is 13.6. The Kier molecular flexibility index (Phi) is 6.66. The summed E-state index contributed by atoms with van der Waals surface area (Å²) in [5, 5.41) is 28.5. The summed E-state index contributed by atoms with van der Waals surface area (Å²) in [6.45, 7) is 7.65. The van der Waals surface area contributed by atoms with E-state index in [-0.39, 0.29) is 11.3 Å². The van der Waals surface area contributed by atoms with Gasteiger partial charge in [-0.25, -0.2) is 8.42 Å². The van der Waals surface area contributed by atoms with Crippen molar-refractivity contribution in [2.24, 2.45) is 10.2 Å². The van der Waals surface area contributed by atoms with Crippen LogP contribution in [0.2, 0.25) is 0 Å². The van der Waals surface area contributed by atoms with Crippen LogP contribution in [0.25, 0.3) is 0 Å². The number of benzene rings is 2. The molecule has 0 amide bonds. The molecule has 2 rings (SSSR count). The van der Waals surface area contributed by atoms with Crippen molar-refractivity contribution in [2.45, 2.75) is 25.7 Å². The molecule has 0 heterocycles. The Bertz CT molecular complexity index is 1120. The number of nitro benzene ring substituents is 1. The number of nitro groups is 1. The van der Waals surface area contributed by atoms with Gasteiger partial charge in [-0.2, -0.15) is 10.4 Å². The van der Waals surface area contributed by atoms with E-state index in [0.29, 0.717) is 5.69 Å². The maximum atomic E-state index is 12.1. The van der Waals surface area contributed by atoms with Gasteiger partial charge in [0.1, 0.15) is 16.7 Å². The second-order valence-electron chi connectivity index (χ2n) is 6.32. The van der Waals surface area contributed by atoms with Gasteiger partial charge in [0, 0.05) is 37.2 Å². The van der Waals surface area contributed by atoms with E-state index in [0.717, 1.165) is 42.7 Å². The zero-order valence-electron chi connectivity index (χ0n) is 16.6. The van der Waals surface area contributed by atoms with Gasteiger partial charge < -0.3 is 4.90 Å². The molecule has 2 aromatic rings. The van der Waals surface area contributed by atoms with Crippen molar-refractivity contribution in [3.8, 4) is 6.07 Å². The van der Waals surface area contributed by atoms with Crippen molar-refractivity contribution >= 4 is 32.6 Å². The Morgan fingerprint density at radius 2 is 1.83 bits per heavy atom. The average molecular weight is 415 g/mol. The fourth-order valence-electron chi connectivity index (χ4n) is 2.81. The summed E-state index contributed by atoms with van der Waals surface area (Å²) in [6, 6.07) is 9.22. The van der Waals surface area contributed by atoms with Crippen molar-refractivity contribution in [3.63, 3.8) is 0 Å². The third-order valence-electron chi connectivity index (χ3n) is 4.36. The zero-order valence-corrected chi connectivity index (χ0v) is 17.4. The van der Waals surface area contributed by atoms with Crippen LogP contribution in [0.3, 0.4) is 0 Å². The first-order valence-corrected chi connectivity index (χ1v) is 10.7. The fraction of sp³-hybridized carbons (Fsp3) is 0.316. The summed E-state index contributed by atoms with van der Waals surface area (Å²) in [4.78, 5) is 12.1. The standard InChI is InChI=1S/C19H21N5O4S/c1-5-23(6-2)15-7-8-17(13(3)9-15)21-22-19-14(12-20)10-16(24(25)26)11-18(19)29(4,27)28/h7-11H,5-6H2,1-4H3. The number of rotatable bonds is 7. The highest BCUT2D eigenvalue weighted by atomic mass is 32.2. The van der Waals surface area contributed by atoms with E-state index in [1.54, 1.807) is 12.1 Å². The molecule has 0 atom stereocenters. The number of aryl methyl sites for hydroxylation is 1. The monoisotopic (exact) mass is 415 g/mol. The largest absolute Gasteiger partial charge is 0.372 e. The molecular weight excluding hydrogens is 394 g/mol. The van der Waals surface area contributed by atoms with Gasteiger partial charge >= 0.3 is 0 Å². The predicted octanol–water partition coefficient (Wildman–Crippen LogP) is 4.44. The molecular formula is C19H21N5O4S. The van der Waals surface area contributed by atoms with Gasteiger partial charge in [-0.05, 0) is 44.5 Å². The molecule has 0 saturated carbocycles. The smallest absolute Gasteiger partial charge is 0.272 e. The molecule has 0 aliphatic rings. The molecule has 0 radical (unpaired) electrons. The van der Waals surface area contributed by atoms with Gasteiger partial charge in [0.05, 0.1) is 16.2 Å². The zero-order chi connectivity index (χ0) is 21.8. The summed E-state index contributed by atoms with van der Waals surface area (Å²) >= 11 is 0. The fourth-order valence-corrected chi connectivity index (χ4v) is 3.65. The molecule has 0 bridgehead atoms. The molecule has 0 N–H and O–H groups in total. The van der Waals surface area contributed by atoms with Crippen LogP contribution in [0, 0.1) is 28.4 Å². The van der Waals surface area contributed by atoms with Crippen LogP contribution < -0.4 is 4.90 Å². The summed E-state index contributed by atoms with van der Waals surface area (Å²) in [6.07, 6.45) is 0.899. The van der Waals surface area contributed by atoms with Crippen LogP contribution in [0.4, 0.5) is 22.7 Å². The number of sulfone groups is 1. The number of hydrogen-bond donors (Lipinski definition) is 0. The summed E-state index contributed by atoms with van der Waals surface area (Å²) in [5.74, 6) is 0. The van der Waals surface area contributed by atoms with Gasteiger partial charge in [-0.15, -0.1) is 5.11 Å². The maximum absolute atomic E-state index is 12.1. The van der Waals surface area contributed by atoms with Crippen molar-refractivity contribution in [1.82, 2.24) is 0 Å². The first-order valence-electron chi connectivity index (χ1n) is 8.82. The van der Waals surface area contributed by atoms with E-state index < -0.39 is 25.3 Å². The van der Waals surface area contributed by atoms with Crippen LogP contribution in [0.1, 0.15) is 25.0 Å². The highest BCUT2D eigenvalue weighted by Gasteiger charge is 2.23. The number of non-ortho nitro benzene ring substituents is 1. The van der Waals surface area contributed by atoms with Crippen LogP contribution in [-0.2, 0) is 9.84 Å². The molecule has 9 nitrogen and oxygen atoms in total. The van der Waals surface area contributed by atoms with Gasteiger partial charge in [0.25, 0.3) is 5.69 Å². The average Bonchev–Trinajstić information content (AvgIpc) is 2.66. The van der Waals surface area contributed by atoms with Crippen molar-refractivity contribution in [1.29, 1.82) is 5.26 Å². The predicted molar refractivity (Wildman–Crippen MR) is 110 cm³/mol. The first kappa shape index (κ1) is 22.0. The molecule has 0 spiro atoms. The quantitative estimate of drug-likeness (QED) is 0.373. The molecule has 0 unspecified atom stereocenters. The normalized spacial score (nSPS) is 11.4. The third kappa shape index (κ3) is 4.94. The molecule has 29 heavy (non-hydrogen) atoms. The number of nitrogens with zero attached hydrogens (tertiary/aromatic N) is 5. The minimum Gasteiger partial charge on any atom is -0.372 e. The lowest BCUT2D eigenvalue weighted by atomic mass is 10.1. The van der Waals surface area contributed by atoms with Crippen LogP contribution in [0.5, 0.6) is 0 Å². The van der Waals surface area contributed by atoms with E-state index in [9.17, 15) is 23.8 Å². The second-order valence-corrected chi connectivity index (χ2v) is 8.31. The van der Waals surface area contributed by atoms with E-state index in [1.165, 1.54) is 0 Å². The lowest BCUT2D eigenvalue weighted by molar-refractivity contribution is -0.385. The minimum atomic E-state index is -3.88. The van der Waals surface area contributed by atoms with Crippen LogP contribution in [0.15, 0.2) is 45.5 Å². The SMILES string of the molecule is CCN(CC)c1ccc(N=Nc2c(C#N)cc([N+](=O)[O-])cc2S(C)(=O)=O)c(C)c1. The van der Waals surface area contributed by atoms with Crippen molar-refractivity contribution in [3.05, 3.63) is 51.6 Å². The molecule has 10 heteroatoms. The lowest BCUT2D eigenvalue weighted by Crippen LogP contribution is -2.21. The molecule has 0 saturated heterocycles. The Balaban J connectivity index is 2.58. The van der Waals surface area contributed by atoms with E-state index >= 15 is 0 Å². The molecule has 0 aliphatic heterocycles.